The van der Waals surface area contributed by atoms with Crippen LogP contribution < -0.4 is 48.5 Å². The average molecular weight is 1010 g/mol. The molecule has 0 aliphatic carbocycles. The summed E-state index contributed by atoms with van der Waals surface area (Å²) in [6, 6.07) is 19.0. The molecule has 8 aromatic rings. The van der Waals surface area contributed by atoms with Gasteiger partial charge in [0.1, 0.15) is 0 Å². The fourth-order valence-corrected chi connectivity index (χ4v) is 9.52. The molecule has 0 atom stereocenters. The Balaban J connectivity index is 0.000000182. The van der Waals surface area contributed by atoms with Crippen LogP contribution in [0, 0.1) is 0 Å². The molecule has 0 spiro atoms. The van der Waals surface area contributed by atoms with E-state index in [0.29, 0.717) is 70.2 Å². The highest BCUT2D eigenvalue weighted by molar-refractivity contribution is 6.25. The van der Waals surface area contributed by atoms with E-state index in [0.717, 1.165) is 90.6 Å². The Hall–Kier alpha value is -7.56. The highest BCUT2D eigenvalue weighted by atomic mass is 16.7. The number of fused-ring (bicyclic) bond motifs is 12. The van der Waals surface area contributed by atoms with Gasteiger partial charge in [-0.1, -0.05) is 0 Å². The number of rotatable bonds is 16. The van der Waals surface area contributed by atoms with Crippen molar-refractivity contribution >= 4 is 76.7 Å². The van der Waals surface area contributed by atoms with Gasteiger partial charge in [-0.2, -0.15) is 0 Å². The summed E-state index contributed by atoms with van der Waals surface area (Å²) in [5.41, 5.74) is 2.77. The standard InChI is InChI=1S/2C29H33N3O5/c1-29(2,32(3)4)8-7-9-30-28(33)21-10-17-20-13-26-27(37-16-36-26)14-23(20)31-15-22(17)19-12-25(35-6)24(34-5)11-18(19)21;1-29(2,32(3)4)8-7-9-30-28(33)20-10-17-11-23(34-5)24(35-6)12-18(17)21-15-31-22-14-26-25(36-16-37-26)13-19(22)27(20)21/h2*10-15H,7-9,16H2,1-6H3,(H,30,33). The Morgan fingerprint density at radius 1 is 0.500 bits per heavy atom. The summed E-state index contributed by atoms with van der Waals surface area (Å²) >= 11 is 0. The van der Waals surface area contributed by atoms with Gasteiger partial charge in [0.05, 0.1) is 39.5 Å². The predicted octanol–water partition coefficient (Wildman–Crippen LogP) is 10.3. The van der Waals surface area contributed by atoms with Crippen LogP contribution in [0.2, 0.25) is 0 Å². The number of carbonyl (C=O) groups is 2. The minimum atomic E-state index is -0.132. The van der Waals surface area contributed by atoms with Crippen LogP contribution in [0.3, 0.4) is 0 Å². The maximum atomic E-state index is 13.7. The highest BCUT2D eigenvalue weighted by Gasteiger charge is 2.25. The molecule has 0 saturated carbocycles. The maximum absolute atomic E-state index is 13.7. The maximum Gasteiger partial charge on any atom is 0.251 e. The fraction of sp³-hybridized carbons (Fsp3) is 0.379. The monoisotopic (exact) mass is 1010 g/mol. The second-order valence-corrected chi connectivity index (χ2v) is 20.4. The summed E-state index contributed by atoms with van der Waals surface area (Å²) in [5.74, 6) is 4.74. The molecule has 0 unspecified atom stereocenters. The third-order valence-corrected chi connectivity index (χ3v) is 15.0. The first kappa shape index (κ1) is 51.3. The molecule has 10 rings (SSSR count). The van der Waals surface area contributed by atoms with Gasteiger partial charge >= 0.3 is 0 Å². The van der Waals surface area contributed by atoms with E-state index < -0.39 is 0 Å². The third kappa shape index (κ3) is 9.83. The van der Waals surface area contributed by atoms with E-state index in [1.54, 1.807) is 28.4 Å². The van der Waals surface area contributed by atoms with Crippen LogP contribution in [0.1, 0.15) is 74.1 Å². The second kappa shape index (κ2) is 20.7. The lowest BCUT2D eigenvalue weighted by atomic mass is 9.94. The van der Waals surface area contributed by atoms with Gasteiger partial charge in [0.15, 0.2) is 46.0 Å². The van der Waals surface area contributed by atoms with E-state index in [1.165, 1.54) is 0 Å². The Labute approximate surface area is 431 Å². The van der Waals surface area contributed by atoms with Gasteiger partial charge in [0.25, 0.3) is 11.8 Å². The number of nitrogens with zero attached hydrogens (tertiary/aromatic N) is 4. The predicted molar refractivity (Wildman–Crippen MR) is 291 cm³/mol. The van der Waals surface area contributed by atoms with Crippen molar-refractivity contribution in [3.63, 3.8) is 0 Å². The fourth-order valence-electron chi connectivity index (χ4n) is 9.52. The van der Waals surface area contributed by atoms with Crippen molar-refractivity contribution < 1.29 is 47.5 Å². The Morgan fingerprint density at radius 2 is 0.932 bits per heavy atom. The molecule has 16 heteroatoms. The topological polar surface area (TPSA) is 164 Å². The number of hydrogen-bond acceptors (Lipinski definition) is 14. The van der Waals surface area contributed by atoms with Crippen molar-refractivity contribution in [3.05, 3.63) is 84.2 Å². The molecular formula is C58H66N6O10. The van der Waals surface area contributed by atoms with Crippen LogP contribution in [0.25, 0.3) is 64.9 Å². The molecule has 4 heterocycles. The number of pyridine rings is 2. The van der Waals surface area contributed by atoms with E-state index in [1.807, 2.05) is 73.1 Å². The zero-order valence-corrected chi connectivity index (χ0v) is 44.5. The molecule has 2 aliphatic heterocycles. The summed E-state index contributed by atoms with van der Waals surface area (Å²) in [6.45, 7) is 10.3. The molecule has 74 heavy (non-hydrogen) atoms. The third-order valence-electron chi connectivity index (χ3n) is 15.0. The lowest BCUT2D eigenvalue weighted by Crippen LogP contribution is -2.38. The van der Waals surface area contributed by atoms with E-state index >= 15 is 0 Å². The average Bonchev–Trinajstić information content (AvgIpc) is 4.07. The molecule has 6 aromatic carbocycles. The van der Waals surface area contributed by atoms with E-state index in [2.05, 4.69) is 76.3 Å². The Morgan fingerprint density at radius 3 is 1.46 bits per heavy atom. The van der Waals surface area contributed by atoms with Gasteiger partial charge in [-0.05, 0) is 157 Å². The number of carbonyl (C=O) groups excluding carboxylic acids is 2. The van der Waals surface area contributed by atoms with Crippen LogP contribution in [-0.4, -0.2) is 126 Å². The van der Waals surface area contributed by atoms with Crippen molar-refractivity contribution in [1.29, 1.82) is 0 Å². The summed E-state index contributed by atoms with van der Waals surface area (Å²) in [6.07, 6.45) is 7.31. The highest BCUT2D eigenvalue weighted by Crippen LogP contribution is 2.44. The number of benzene rings is 6. The van der Waals surface area contributed by atoms with Crippen LogP contribution in [-0.2, 0) is 0 Å². The normalized spacial score (nSPS) is 13.1. The smallest absolute Gasteiger partial charge is 0.251 e. The van der Waals surface area contributed by atoms with Crippen molar-refractivity contribution in [1.82, 2.24) is 30.4 Å². The molecule has 0 saturated heterocycles. The Bertz CT molecular complexity index is 3480. The van der Waals surface area contributed by atoms with E-state index in [9.17, 15) is 9.59 Å². The zero-order chi connectivity index (χ0) is 52.6. The van der Waals surface area contributed by atoms with E-state index in [4.69, 9.17) is 47.9 Å². The summed E-state index contributed by atoms with van der Waals surface area (Å²) < 4.78 is 44.6. The lowest BCUT2D eigenvalue weighted by Gasteiger charge is -2.32. The molecule has 2 N–H and O–H groups in total. The van der Waals surface area contributed by atoms with Gasteiger partial charge in [-0.25, -0.2) is 0 Å². The lowest BCUT2D eigenvalue weighted by molar-refractivity contribution is 0.0943. The minimum Gasteiger partial charge on any atom is -0.493 e. The molecule has 0 radical (unpaired) electrons. The van der Waals surface area contributed by atoms with Crippen LogP contribution in [0.5, 0.6) is 46.0 Å². The van der Waals surface area contributed by atoms with Crippen molar-refractivity contribution in [2.75, 3.05) is 83.3 Å². The number of nitrogens with one attached hydrogen (secondary N) is 2. The largest absolute Gasteiger partial charge is 0.493 e. The van der Waals surface area contributed by atoms with Crippen LogP contribution >= 0.6 is 0 Å². The summed E-state index contributed by atoms with van der Waals surface area (Å²) in [5, 5.41) is 14.9. The van der Waals surface area contributed by atoms with Crippen LogP contribution in [0.15, 0.2) is 73.1 Å². The van der Waals surface area contributed by atoms with Crippen molar-refractivity contribution in [2.24, 2.45) is 0 Å². The number of hydrogen-bond donors (Lipinski definition) is 2. The molecule has 16 nitrogen and oxygen atoms in total. The minimum absolute atomic E-state index is 0.0559. The number of amides is 2. The molecule has 0 fully saturated rings. The molecule has 0 bridgehead atoms. The Kier molecular flexibility index (Phi) is 14.4. The van der Waals surface area contributed by atoms with Crippen LogP contribution in [0.4, 0.5) is 0 Å². The molecule has 2 aromatic heterocycles. The van der Waals surface area contributed by atoms with Gasteiger partial charge < -0.3 is 58.3 Å². The molecule has 388 valence electrons. The number of ether oxygens (including phenoxy) is 8. The molecular weight excluding hydrogens is 941 g/mol. The quantitative estimate of drug-likeness (QED) is 0.0694. The van der Waals surface area contributed by atoms with Gasteiger partial charge in [-0.15, -0.1) is 0 Å². The first-order valence-electron chi connectivity index (χ1n) is 24.8. The van der Waals surface area contributed by atoms with E-state index in [-0.39, 0.29) is 36.5 Å². The second-order valence-electron chi connectivity index (χ2n) is 20.4. The first-order chi connectivity index (χ1) is 35.5. The molecule has 2 aliphatic rings. The van der Waals surface area contributed by atoms with Gasteiger partial charge in [0.2, 0.25) is 13.6 Å². The van der Waals surface area contributed by atoms with Crippen molar-refractivity contribution in [2.45, 2.75) is 64.5 Å². The molecule has 2 amide bonds. The number of aromatic nitrogens is 2. The first-order valence-corrected chi connectivity index (χ1v) is 24.8. The SMILES string of the molecule is COc1cc2c(C(=O)NCCCC(C)(C)N(C)C)cc3c4cc5c(cc4ncc3c2cc1OC)OCO5.COc1cc2cc(C(=O)NCCCC(C)(C)N(C)C)c3c4cc5c(cc4ncc3c2cc1OC)OCO5. The number of methoxy groups -OCH3 is 4. The van der Waals surface area contributed by atoms with Gasteiger partial charge in [0, 0.05) is 86.8 Å². The zero-order valence-electron chi connectivity index (χ0n) is 44.5. The summed E-state index contributed by atoms with van der Waals surface area (Å²) in [4.78, 5) is 41.1. The summed E-state index contributed by atoms with van der Waals surface area (Å²) in [7, 11) is 14.7. The van der Waals surface area contributed by atoms with Crippen molar-refractivity contribution in [3.8, 4) is 46.0 Å². The van der Waals surface area contributed by atoms with Gasteiger partial charge in [-0.3, -0.25) is 19.6 Å².